The predicted octanol–water partition coefficient (Wildman–Crippen LogP) is 2.70. The zero-order valence-corrected chi connectivity index (χ0v) is 10.6. The van der Waals surface area contributed by atoms with Crippen molar-refractivity contribution in [3.63, 3.8) is 0 Å². The van der Waals surface area contributed by atoms with Crippen LogP contribution in [-0.2, 0) is 0 Å². The lowest BCUT2D eigenvalue weighted by atomic mass is 10.2. The van der Waals surface area contributed by atoms with Crippen LogP contribution >= 0.6 is 0 Å². The number of azo groups is 1. The van der Waals surface area contributed by atoms with Crippen molar-refractivity contribution in [3.05, 3.63) is 38.4 Å². The monoisotopic (exact) mass is 268 g/mol. The maximum atomic E-state index is 10.7. The van der Waals surface area contributed by atoms with E-state index in [1.54, 1.807) is 0 Å². The second kappa shape index (κ2) is 5.38. The molecule has 0 bridgehead atoms. The minimum Gasteiger partial charge on any atom is -0.494 e. The Morgan fingerprint density at radius 2 is 1.89 bits per heavy atom. The van der Waals surface area contributed by atoms with Gasteiger partial charge in [0.15, 0.2) is 5.75 Å². The second-order valence-electron chi connectivity index (χ2n) is 4.06. The van der Waals surface area contributed by atoms with Crippen LogP contribution in [0, 0.1) is 20.2 Å². The van der Waals surface area contributed by atoms with E-state index in [1.807, 2.05) is 0 Å². The van der Waals surface area contributed by atoms with Gasteiger partial charge in [0.2, 0.25) is 0 Å². The number of methoxy groups -OCH3 is 1. The lowest BCUT2D eigenvalue weighted by Gasteiger charge is -2.08. The summed E-state index contributed by atoms with van der Waals surface area (Å²) in [4.78, 5) is 20.1. The Kier molecular flexibility index (Phi) is 4.10. The van der Waals surface area contributed by atoms with E-state index in [9.17, 15) is 20.2 Å². The molecule has 0 saturated carbocycles. The van der Waals surface area contributed by atoms with Gasteiger partial charge in [-0.3, -0.25) is 20.2 Å². The number of non-ortho nitro benzene ring substituents is 1. The van der Waals surface area contributed by atoms with E-state index >= 15 is 0 Å². The fraction of sp³-hybridized carbons (Fsp3) is 0.400. The van der Waals surface area contributed by atoms with E-state index in [1.165, 1.54) is 39.2 Å². The average Bonchev–Trinajstić information content (AvgIpc) is 2.35. The average molecular weight is 268 g/mol. The topological polar surface area (TPSA) is 120 Å². The van der Waals surface area contributed by atoms with E-state index in [0.717, 1.165) is 0 Å². The van der Waals surface area contributed by atoms with Crippen LogP contribution < -0.4 is 4.74 Å². The van der Waals surface area contributed by atoms with Crippen LogP contribution in [0.3, 0.4) is 0 Å². The Morgan fingerprint density at radius 1 is 1.26 bits per heavy atom. The normalized spacial score (nSPS) is 11.5. The summed E-state index contributed by atoms with van der Waals surface area (Å²) < 4.78 is 4.93. The molecule has 19 heavy (non-hydrogen) atoms. The molecule has 0 aromatic heterocycles. The molecule has 0 unspecified atom stereocenters. The van der Waals surface area contributed by atoms with E-state index in [-0.39, 0.29) is 17.1 Å². The number of hydrogen-bond donors (Lipinski definition) is 0. The smallest absolute Gasteiger partial charge is 0.324 e. The number of hydrogen-bond acceptors (Lipinski definition) is 7. The van der Waals surface area contributed by atoms with Gasteiger partial charge in [-0.1, -0.05) is 0 Å². The highest BCUT2D eigenvalue weighted by atomic mass is 16.6. The standard InChI is InChI=1S/C10H12N4O5/c1-10(2,14(17)18)12-11-8-5-4-7(13(15)16)6-9(8)19-3/h4-6H,1-3H3. The third-order valence-corrected chi connectivity index (χ3v) is 2.22. The third-order valence-electron chi connectivity index (χ3n) is 2.22. The molecule has 0 aliphatic heterocycles. The van der Waals surface area contributed by atoms with Gasteiger partial charge in [0.05, 0.1) is 23.0 Å². The van der Waals surface area contributed by atoms with Crippen LogP contribution in [0.15, 0.2) is 28.4 Å². The van der Waals surface area contributed by atoms with Crippen molar-refractivity contribution in [1.29, 1.82) is 0 Å². The van der Waals surface area contributed by atoms with Gasteiger partial charge in [-0.2, -0.15) is 0 Å². The number of rotatable bonds is 5. The first kappa shape index (κ1) is 14.5. The molecule has 102 valence electrons. The van der Waals surface area contributed by atoms with Crippen molar-refractivity contribution in [3.8, 4) is 5.75 Å². The predicted molar refractivity (Wildman–Crippen MR) is 65.2 cm³/mol. The zero-order valence-electron chi connectivity index (χ0n) is 10.6. The Labute approximate surface area is 108 Å². The Bertz CT molecular complexity index is 541. The van der Waals surface area contributed by atoms with Crippen molar-refractivity contribution >= 4 is 11.4 Å². The highest BCUT2D eigenvalue weighted by Crippen LogP contribution is 2.32. The summed E-state index contributed by atoms with van der Waals surface area (Å²) in [6.45, 7) is 2.57. The molecule has 0 aliphatic carbocycles. The molecule has 0 spiro atoms. The minimum absolute atomic E-state index is 0.122. The van der Waals surface area contributed by atoms with E-state index in [4.69, 9.17) is 4.74 Å². The molecule has 0 saturated heterocycles. The Hall–Kier alpha value is -2.58. The number of nitro benzene ring substituents is 1. The first-order valence-corrected chi connectivity index (χ1v) is 5.18. The van der Waals surface area contributed by atoms with Gasteiger partial charge in [0.25, 0.3) is 5.69 Å². The summed E-state index contributed by atoms with van der Waals surface area (Å²) in [7, 11) is 1.32. The van der Waals surface area contributed by atoms with Gasteiger partial charge in [-0.25, -0.2) is 0 Å². The maximum absolute atomic E-state index is 10.7. The molecular formula is C10H12N4O5. The summed E-state index contributed by atoms with van der Waals surface area (Å²) in [5, 5.41) is 28.6. The lowest BCUT2D eigenvalue weighted by molar-refractivity contribution is -0.559. The molecule has 0 amide bonds. The fourth-order valence-electron chi connectivity index (χ4n) is 1.08. The molecule has 0 fully saturated rings. The van der Waals surface area contributed by atoms with E-state index in [2.05, 4.69) is 10.2 Å². The number of ether oxygens (including phenoxy) is 1. The number of nitro groups is 2. The van der Waals surface area contributed by atoms with Gasteiger partial charge in [-0.15, -0.1) is 10.2 Å². The third kappa shape index (κ3) is 3.44. The van der Waals surface area contributed by atoms with Crippen LogP contribution in [0.2, 0.25) is 0 Å². The zero-order chi connectivity index (χ0) is 14.6. The highest BCUT2D eigenvalue weighted by Gasteiger charge is 2.30. The molecule has 1 rings (SSSR count). The lowest BCUT2D eigenvalue weighted by Crippen LogP contribution is -2.27. The molecule has 0 N–H and O–H groups in total. The number of benzene rings is 1. The molecule has 0 radical (unpaired) electrons. The molecule has 1 aromatic rings. The summed E-state index contributed by atoms with van der Waals surface area (Å²) >= 11 is 0. The fourth-order valence-corrected chi connectivity index (χ4v) is 1.08. The van der Waals surface area contributed by atoms with Gasteiger partial charge in [-0.05, 0) is 6.07 Å². The maximum Gasteiger partial charge on any atom is 0.324 e. The molecule has 0 aliphatic rings. The molecule has 9 heteroatoms. The summed E-state index contributed by atoms with van der Waals surface area (Å²) in [5.74, 6) is 0.122. The minimum atomic E-state index is -1.58. The van der Waals surface area contributed by atoms with Crippen molar-refractivity contribution in [2.45, 2.75) is 19.5 Å². The molecule has 1 aromatic carbocycles. The molecular weight excluding hydrogens is 256 g/mol. The van der Waals surface area contributed by atoms with Crippen LogP contribution in [0.25, 0.3) is 0 Å². The largest absolute Gasteiger partial charge is 0.494 e. The molecule has 0 heterocycles. The Morgan fingerprint density at radius 3 is 2.37 bits per heavy atom. The number of nitrogens with zero attached hydrogens (tertiary/aromatic N) is 4. The van der Waals surface area contributed by atoms with Gasteiger partial charge >= 0.3 is 5.66 Å². The van der Waals surface area contributed by atoms with Crippen LogP contribution in [0.5, 0.6) is 5.75 Å². The summed E-state index contributed by atoms with van der Waals surface area (Å²) in [5.41, 5.74) is -1.56. The molecule has 9 nitrogen and oxygen atoms in total. The van der Waals surface area contributed by atoms with Gasteiger partial charge < -0.3 is 4.74 Å². The second-order valence-corrected chi connectivity index (χ2v) is 4.06. The summed E-state index contributed by atoms with van der Waals surface area (Å²) in [6.07, 6.45) is 0. The molecule has 0 atom stereocenters. The van der Waals surface area contributed by atoms with Crippen molar-refractivity contribution in [2.24, 2.45) is 10.2 Å². The highest BCUT2D eigenvalue weighted by molar-refractivity contribution is 5.56. The SMILES string of the molecule is COc1cc([N+](=O)[O-])ccc1N=NC(C)(C)[N+](=O)[O-]. The Balaban J connectivity index is 3.12. The van der Waals surface area contributed by atoms with E-state index in [0.29, 0.717) is 0 Å². The van der Waals surface area contributed by atoms with E-state index < -0.39 is 15.5 Å². The van der Waals surface area contributed by atoms with Crippen molar-refractivity contribution in [2.75, 3.05) is 7.11 Å². The summed E-state index contributed by atoms with van der Waals surface area (Å²) in [6, 6.07) is 3.71. The van der Waals surface area contributed by atoms with Crippen LogP contribution in [-0.4, -0.2) is 22.6 Å². The van der Waals surface area contributed by atoms with Crippen molar-refractivity contribution < 1.29 is 14.6 Å². The first-order chi connectivity index (χ1) is 8.77. The van der Waals surface area contributed by atoms with Gasteiger partial charge in [0.1, 0.15) is 5.69 Å². The van der Waals surface area contributed by atoms with Crippen LogP contribution in [0.1, 0.15) is 13.8 Å². The van der Waals surface area contributed by atoms with Crippen molar-refractivity contribution in [1.82, 2.24) is 0 Å². The van der Waals surface area contributed by atoms with Gasteiger partial charge in [0, 0.05) is 19.9 Å². The first-order valence-electron chi connectivity index (χ1n) is 5.18. The quantitative estimate of drug-likeness (QED) is 0.461. The van der Waals surface area contributed by atoms with Crippen LogP contribution in [0.4, 0.5) is 11.4 Å².